The van der Waals surface area contributed by atoms with E-state index in [1.54, 1.807) is 0 Å². The van der Waals surface area contributed by atoms with Crippen molar-refractivity contribution >= 4 is 23.3 Å². The van der Waals surface area contributed by atoms with E-state index >= 15 is 0 Å². The molecule has 0 bridgehead atoms. The van der Waals surface area contributed by atoms with E-state index in [1.165, 1.54) is 0 Å². The lowest BCUT2D eigenvalue weighted by Gasteiger charge is -2.07. The van der Waals surface area contributed by atoms with Gasteiger partial charge in [0, 0.05) is 0 Å². The van der Waals surface area contributed by atoms with Crippen LogP contribution >= 0.6 is 13.5 Å². The molecule has 11 heteroatoms. The number of hydrogen-bond donors (Lipinski definition) is 4. The zero-order chi connectivity index (χ0) is 9.50. The molecule has 11 heavy (non-hydrogen) atoms. The van der Waals surface area contributed by atoms with Crippen LogP contribution in [0.25, 0.3) is 0 Å². The van der Waals surface area contributed by atoms with Gasteiger partial charge in [-0.2, -0.15) is 8.42 Å². The second-order valence-electron chi connectivity index (χ2n) is 1.45. The minimum Gasteiger partial charge on any atom is -0.324 e. The molecule has 0 amide bonds. The highest BCUT2D eigenvalue weighted by atomic mass is 32.9. The van der Waals surface area contributed by atoms with Crippen molar-refractivity contribution in [2.75, 3.05) is 0 Å². The summed E-state index contributed by atoms with van der Waals surface area (Å²) in [6.07, 6.45) is -5.87. The lowest BCUT2D eigenvalue weighted by atomic mass is 15.8. The molecule has 0 aromatic rings. The van der Waals surface area contributed by atoms with Gasteiger partial charge in [-0.1, -0.05) is 0 Å². The molecule has 0 aliphatic carbocycles. The third-order valence-electron chi connectivity index (χ3n) is 0.630. The smallest absolute Gasteiger partial charge is 0.324 e. The second kappa shape index (κ2) is 2.63. The van der Waals surface area contributed by atoms with E-state index in [1.807, 2.05) is 0 Å². The van der Waals surface area contributed by atoms with Crippen molar-refractivity contribution in [2.45, 2.75) is 0 Å². The van der Waals surface area contributed by atoms with E-state index in [4.69, 9.17) is 19.2 Å². The van der Waals surface area contributed by atoms with Crippen molar-refractivity contribution in [3.8, 4) is 0 Å². The molecule has 0 aromatic carbocycles. The van der Waals surface area contributed by atoms with Crippen molar-refractivity contribution in [3.63, 3.8) is 0 Å². The van der Waals surface area contributed by atoms with E-state index in [9.17, 15) is 17.5 Å². The molecule has 68 valence electrons. The average Bonchev–Trinajstić information content (AvgIpc) is 1.58. The van der Waals surface area contributed by atoms with E-state index in [0.29, 0.717) is 0 Å². The monoisotopic (exact) mass is 226 g/mol. The van der Waals surface area contributed by atoms with Gasteiger partial charge in [0.15, 0.2) is 0 Å². The summed E-state index contributed by atoms with van der Waals surface area (Å²) >= 11 is 0. The van der Waals surface area contributed by atoms with Crippen LogP contribution in [0.1, 0.15) is 0 Å². The highest BCUT2D eigenvalue weighted by molar-refractivity contribution is 8.71. The van der Waals surface area contributed by atoms with E-state index in [-0.39, 0.29) is 0 Å². The van der Waals surface area contributed by atoms with Gasteiger partial charge in [-0.05, 0) is 0 Å². The predicted molar refractivity (Wildman–Crippen MR) is 33.4 cm³/mol. The molecule has 0 aromatic heterocycles. The fourth-order valence-electron chi connectivity index (χ4n) is 0.134. The van der Waals surface area contributed by atoms with Crippen molar-refractivity contribution in [3.05, 3.63) is 0 Å². The highest BCUT2D eigenvalue weighted by Crippen LogP contribution is 2.77. The zero-order valence-electron chi connectivity index (χ0n) is 4.72. The first-order valence-corrected chi connectivity index (χ1v) is 7.89. The van der Waals surface area contributed by atoms with Crippen LogP contribution in [0, 0.1) is 0 Å². The second-order valence-corrected chi connectivity index (χ2v) is 11.2. The van der Waals surface area contributed by atoms with Crippen LogP contribution in [0.15, 0.2) is 0 Å². The third kappa shape index (κ3) is 2.09. The molecule has 0 fully saturated rings. The molecule has 0 heterocycles. The van der Waals surface area contributed by atoms with E-state index in [2.05, 4.69) is 0 Å². The third-order valence-corrected chi connectivity index (χ3v) is 9.44. The van der Waals surface area contributed by atoms with E-state index < -0.39 is 23.3 Å². The first-order valence-electron chi connectivity index (χ1n) is 1.86. The minimum absolute atomic E-state index is 5.61. The fraction of sp³-hybridized carbons (Fsp3) is 0. The van der Waals surface area contributed by atoms with Gasteiger partial charge < -0.3 is 14.7 Å². The first-order chi connectivity index (χ1) is 4.50. The van der Waals surface area contributed by atoms with Crippen molar-refractivity contribution in [1.29, 1.82) is 0 Å². The van der Waals surface area contributed by atoms with Crippen LogP contribution in [0.5, 0.6) is 0 Å². The first kappa shape index (κ1) is 11.2. The van der Waals surface area contributed by atoms with Gasteiger partial charge in [0.2, 0.25) is 0 Å². The Bertz CT molecular complexity index is 327. The summed E-state index contributed by atoms with van der Waals surface area (Å²) in [5.41, 5.74) is 0. The Balaban J connectivity index is 5.47. The van der Waals surface area contributed by atoms with Gasteiger partial charge in [0.1, 0.15) is 0 Å². The summed E-state index contributed by atoms with van der Waals surface area (Å²) in [5, 5.41) is 0. The number of rotatable bonds is 2. The quantitative estimate of drug-likeness (QED) is 0.351. The summed E-state index contributed by atoms with van der Waals surface area (Å²) < 4.78 is 47.7. The Morgan fingerprint density at radius 2 is 1.27 bits per heavy atom. The number of hydrogen-bond acceptors (Lipinski definition) is 4. The minimum atomic E-state index is -5.87. The Morgan fingerprint density at radius 3 is 1.27 bits per heavy atom. The molecule has 0 aliphatic rings. The maximum Gasteiger partial charge on any atom is 0.445 e. The van der Waals surface area contributed by atoms with Crippen molar-refractivity contribution in [1.82, 2.24) is 0 Å². The Kier molecular flexibility index (Phi) is 2.69. The molecule has 0 aliphatic heterocycles. The molecular formula is H4O8P2S. The van der Waals surface area contributed by atoms with Gasteiger partial charge in [-0.15, -0.1) is 0 Å². The predicted octanol–water partition coefficient (Wildman–Crippen LogP) is -0.848. The molecule has 4 N–H and O–H groups in total. The van der Waals surface area contributed by atoms with Gasteiger partial charge in [-0.25, -0.2) is 4.57 Å². The average molecular weight is 226 g/mol. The van der Waals surface area contributed by atoms with Crippen LogP contribution in [-0.4, -0.2) is 27.7 Å². The lowest BCUT2D eigenvalue weighted by Crippen LogP contribution is -1.98. The van der Waals surface area contributed by atoms with E-state index in [0.717, 1.165) is 0 Å². The summed E-state index contributed by atoms with van der Waals surface area (Å²) in [5.74, 6) is 0. The Morgan fingerprint density at radius 1 is 1.00 bits per heavy atom. The molecule has 0 spiro atoms. The van der Waals surface area contributed by atoms with Crippen LogP contribution < -0.4 is 0 Å². The molecule has 1 atom stereocenters. The van der Waals surface area contributed by atoms with Crippen molar-refractivity contribution in [2.24, 2.45) is 0 Å². The maximum absolute atomic E-state index is 10.2. The van der Waals surface area contributed by atoms with Crippen LogP contribution in [0.3, 0.4) is 0 Å². The highest BCUT2D eigenvalue weighted by Gasteiger charge is 2.52. The summed E-state index contributed by atoms with van der Waals surface area (Å²) in [6, 6.07) is 0. The zero-order valence-corrected chi connectivity index (χ0v) is 7.33. The normalized spacial score (nSPS) is 19.3. The van der Waals surface area contributed by atoms with Crippen LogP contribution in [0.2, 0.25) is 0 Å². The molecular weight excluding hydrogens is 222 g/mol. The van der Waals surface area contributed by atoms with Gasteiger partial charge in [0.05, 0.1) is 0 Å². The molecule has 8 nitrogen and oxygen atoms in total. The lowest BCUT2D eigenvalue weighted by molar-refractivity contribution is 0.379. The van der Waals surface area contributed by atoms with Gasteiger partial charge >= 0.3 is 23.3 Å². The standard InChI is InChI=1S/H4O8P2S/c1-9(2,3)10(4,5)11(6,7)8/h(H,4,5)(H2,1,2,3)(H,6,7,8). The molecule has 0 saturated carbocycles. The van der Waals surface area contributed by atoms with Crippen molar-refractivity contribution < 1.29 is 36.8 Å². The Labute approximate surface area is 60.9 Å². The molecule has 0 rings (SSSR count). The summed E-state index contributed by atoms with van der Waals surface area (Å²) in [7, 11) is -11.3. The maximum atomic E-state index is 10.2. The largest absolute Gasteiger partial charge is 0.445 e. The summed E-state index contributed by atoms with van der Waals surface area (Å²) in [4.78, 5) is 24.0. The van der Waals surface area contributed by atoms with Gasteiger partial charge in [0.25, 0.3) is 0 Å². The fourth-order valence-corrected chi connectivity index (χ4v) is 3.63. The van der Waals surface area contributed by atoms with Gasteiger partial charge in [-0.3, -0.25) is 9.12 Å². The topological polar surface area (TPSA) is 149 Å². The molecule has 1 unspecified atom stereocenters. The van der Waals surface area contributed by atoms with Crippen LogP contribution in [0.4, 0.5) is 0 Å². The summed E-state index contributed by atoms with van der Waals surface area (Å²) in [6.45, 7) is 0. The Hall–Kier alpha value is 0.250. The van der Waals surface area contributed by atoms with Crippen LogP contribution in [-0.2, 0) is 18.9 Å². The SMILES string of the molecule is O=P(O)(O)P(=O)(O)S(=O)(=O)O. The molecule has 0 saturated heterocycles. The molecule has 0 radical (unpaired) electrons.